The number of benzene rings is 4. The first-order valence-corrected chi connectivity index (χ1v) is 16.6. The van der Waals surface area contributed by atoms with Gasteiger partial charge < -0.3 is 19.9 Å². The van der Waals surface area contributed by atoms with E-state index in [0.717, 1.165) is 0 Å². The van der Waals surface area contributed by atoms with Crippen LogP contribution >= 0.6 is 0 Å². The van der Waals surface area contributed by atoms with Crippen molar-refractivity contribution < 1.29 is 41.4 Å². The number of rotatable bonds is 12. The molecule has 260 valence electrons. The number of methoxy groups -OCH3 is 2. The molecule has 0 aliphatic carbocycles. The van der Waals surface area contributed by atoms with Crippen LogP contribution in [-0.2, 0) is 21.2 Å². The van der Waals surface area contributed by atoms with Crippen molar-refractivity contribution in [2.24, 2.45) is 0 Å². The van der Waals surface area contributed by atoms with Gasteiger partial charge in [-0.15, -0.1) is 0 Å². The van der Waals surface area contributed by atoms with Gasteiger partial charge in [0.1, 0.15) is 47.4 Å². The molecule has 0 radical (unpaired) electrons. The van der Waals surface area contributed by atoms with Crippen molar-refractivity contribution in [1.29, 1.82) is 0 Å². The second kappa shape index (κ2) is 14.2. The third kappa shape index (κ3) is 7.02. The van der Waals surface area contributed by atoms with E-state index in [4.69, 9.17) is 9.47 Å². The Morgan fingerprint density at radius 3 is 2.22 bits per heavy atom. The molecule has 0 aliphatic heterocycles. The molecule has 1 atom stereocenters. The number of anilines is 1. The van der Waals surface area contributed by atoms with Crippen LogP contribution in [0.25, 0.3) is 27.6 Å². The number of halogens is 2. The number of carbonyl (C=O) groups is 2. The smallest absolute Gasteiger partial charge is 0.326 e. The number of nitrogens with one attached hydrogen (secondary N) is 2. The van der Waals surface area contributed by atoms with Crippen LogP contribution in [0.4, 0.5) is 14.5 Å². The molecule has 0 bridgehead atoms. The third-order valence-corrected chi connectivity index (χ3v) is 9.38. The van der Waals surface area contributed by atoms with Crippen LogP contribution in [0.5, 0.6) is 11.5 Å². The number of ether oxygens (including phenoxy) is 2. The van der Waals surface area contributed by atoms with Gasteiger partial charge in [-0.3, -0.25) is 14.5 Å². The second-order valence-electron chi connectivity index (χ2n) is 11.1. The van der Waals surface area contributed by atoms with Crippen LogP contribution in [0.2, 0.25) is 0 Å². The van der Waals surface area contributed by atoms with E-state index < -0.39 is 50.8 Å². The SMILES string of the molecule is COc1cccc(OC)c1-c1ccc(C[C@H](NC(=O)c2c(F)cc(NS(=O)(=O)c3ccc(-n4cncn4)cc3)cc2F)C(=O)O)c2cnccc12. The van der Waals surface area contributed by atoms with Gasteiger partial charge >= 0.3 is 5.97 Å². The van der Waals surface area contributed by atoms with Gasteiger partial charge in [0.15, 0.2) is 0 Å². The molecular weight excluding hydrogens is 686 g/mol. The first-order chi connectivity index (χ1) is 24.5. The Kier molecular flexibility index (Phi) is 9.59. The summed E-state index contributed by atoms with van der Waals surface area (Å²) in [6.45, 7) is 0. The monoisotopic (exact) mass is 714 g/mol. The molecule has 0 saturated heterocycles. The molecule has 6 rings (SSSR count). The van der Waals surface area contributed by atoms with Gasteiger partial charge in [-0.05, 0) is 71.1 Å². The normalized spacial score (nSPS) is 11.9. The number of fused-ring (bicyclic) bond motifs is 1. The Bertz CT molecular complexity index is 2330. The summed E-state index contributed by atoms with van der Waals surface area (Å²) >= 11 is 0. The highest BCUT2D eigenvalue weighted by molar-refractivity contribution is 7.92. The predicted molar refractivity (Wildman–Crippen MR) is 181 cm³/mol. The lowest BCUT2D eigenvalue weighted by Crippen LogP contribution is -2.43. The van der Waals surface area contributed by atoms with Gasteiger partial charge in [0.2, 0.25) is 0 Å². The summed E-state index contributed by atoms with van der Waals surface area (Å²) in [4.78, 5) is 33.3. The van der Waals surface area contributed by atoms with Crippen molar-refractivity contribution in [2.75, 3.05) is 18.9 Å². The maximum absolute atomic E-state index is 15.2. The molecule has 0 spiro atoms. The van der Waals surface area contributed by atoms with Crippen molar-refractivity contribution in [3.8, 4) is 28.3 Å². The van der Waals surface area contributed by atoms with Gasteiger partial charge in [-0.2, -0.15) is 5.10 Å². The number of carboxylic acids is 1. The van der Waals surface area contributed by atoms with E-state index >= 15 is 8.78 Å². The van der Waals surface area contributed by atoms with Gasteiger partial charge in [-0.25, -0.2) is 31.7 Å². The highest BCUT2D eigenvalue weighted by Gasteiger charge is 2.27. The molecule has 0 aliphatic rings. The molecule has 0 fully saturated rings. The highest BCUT2D eigenvalue weighted by Crippen LogP contribution is 2.42. The van der Waals surface area contributed by atoms with Gasteiger partial charge in [0.05, 0.1) is 36.1 Å². The van der Waals surface area contributed by atoms with Crippen LogP contribution in [0.15, 0.2) is 103 Å². The molecule has 51 heavy (non-hydrogen) atoms. The summed E-state index contributed by atoms with van der Waals surface area (Å²) in [5.74, 6) is -4.57. The lowest BCUT2D eigenvalue weighted by atomic mass is 9.92. The van der Waals surface area contributed by atoms with Crippen molar-refractivity contribution >= 4 is 38.4 Å². The van der Waals surface area contributed by atoms with Crippen LogP contribution in [-0.4, -0.2) is 65.4 Å². The number of carboxylic acid groups (broad SMARTS) is 1. The summed E-state index contributed by atoms with van der Waals surface area (Å²) in [5, 5.41) is 17.4. The number of hydrogen-bond acceptors (Lipinski definition) is 9. The van der Waals surface area contributed by atoms with E-state index in [1.165, 1.54) is 55.8 Å². The Morgan fingerprint density at radius 1 is 0.922 bits per heavy atom. The third-order valence-electron chi connectivity index (χ3n) is 7.98. The second-order valence-corrected chi connectivity index (χ2v) is 12.7. The largest absolute Gasteiger partial charge is 0.496 e. The molecule has 4 aromatic carbocycles. The number of hydrogen-bond donors (Lipinski definition) is 3. The molecule has 0 unspecified atom stereocenters. The zero-order valence-electron chi connectivity index (χ0n) is 26.9. The minimum Gasteiger partial charge on any atom is -0.496 e. The maximum atomic E-state index is 15.2. The quantitative estimate of drug-likeness (QED) is 0.156. The van der Waals surface area contributed by atoms with Gasteiger partial charge in [0, 0.05) is 24.2 Å². The molecule has 2 heterocycles. The number of aliphatic carboxylic acids is 1. The number of carbonyl (C=O) groups excluding carboxylic acids is 1. The molecule has 0 saturated carbocycles. The first-order valence-electron chi connectivity index (χ1n) is 15.1. The minimum absolute atomic E-state index is 0.212. The molecule has 2 aromatic heterocycles. The Balaban J connectivity index is 1.23. The number of amides is 1. The van der Waals surface area contributed by atoms with E-state index in [1.807, 2.05) is 0 Å². The van der Waals surface area contributed by atoms with Crippen molar-refractivity contribution in [1.82, 2.24) is 25.1 Å². The fourth-order valence-corrected chi connectivity index (χ4v) is 6.63. The minimum atomic E-state index is -4.30. The van der Waals surface area contributed by atoms with Crippen LogP contribution < -0.4 is 19.5 Å². The van der Waals surface area contributed by atoms with E-state index in [9.17, 15) is 23.1 Å². The first kappa shape index (κ1) is 34.4. The summed E-state index contributed by atoms with van der Waals surface area (Å²) in [6, 6.07) is 15.6. The van der Waals surface area contributed by atoms with Crippen LogP contribution in [0.1, 0.15) is 15.9 Å². The van der Waals surface area contributed by atoms with Crippen molar-refractivity contribution in [2.45, 2.75) is 17.4 Å². The maximum Gasteiger partial charge on any atom is 0.326 e. The fraction of sp³-hybridized carbons (Fsp3) is 0.114. The van der Waals surface area contributed by atoms with E-state index in [-0.39, 0.29) is 11.3 Å². The van der Waals surface area contributed by atoms with E-state index in [2.05, 4.69) is 25.1 Å². The summed E-state index contributed by atoms with van der Waals surface area (Å²) in [7, 11) is -1.26. The van der Waals surface area contributed by atoms with Crippen molar-refractivity contribution in [3.63, 3.8) is 0 Å². The Labute approximate surface area is 289 Å². The van der Waals surface area contributed by atoms with Gasteiger partial charge in [0.25, 0.3) is 15.9 Å². The Morgan fingerprint density at radius 2 is 1.61 bits per heavy atom. The average molecular weight is 715 g/mol. The number of aromatic nitrogens is 4. The zero-order valence-corrected chi connectivity index (χ0v) is 27.7. The zero-order chi connectivity index (χ0) is 36.3. The Hall–Kier alpha value is -6.42. The highest BCUT2D eigenvalue weighted by atomic mass is 32.2. The molecule has 3 N–H and O–H groups in total. The summed E-state index contributed by atoms with van der Waals surface area (Å²) in [6.07, 6.45) is 5.56. The molecule has 16 heteroatoms. The van der Waals surface area contributed by atoms with Crippen LogP contribution in [0, 0.1) is 11.6 Å². The molecule has 1 amide bonds. The number of pyridine rings is 1. The standard InChI is InChI=1S/C35H28F2N6O7S/c1-49-30-4-3-5-31(50-2)32(30)25-11-6-20(26-17-38-13-12-24(25)26)14-29(35(45)46)41-34(44)33-27(36)15-21(16-28(33)37)42-51(47,48)23-9-7-22(8-10-23)43-19-39-18-40-43/h3-13,15-19,29,42H,14H2,1-2H3,(H,41,44)(H,45,46)/t29-/m0/s1. The average Bonchev–Trinajstić information content (AvgIpc) is 3.66. The van der Waals surface area contributed by atoms with E-state index in [1.54, 1.807) is 48.8 Å². The summed E-state index contributed by atoms with van der Waals surface area (Å²) < 4.78 is 71.0. The lowest BCUT2D eigenvalue weighted by molar-refractivity contribution is -0.139. The predicted octanol–water partition coefficient (Wildman–Crippen LogP) is 5.00. The number of sulfonamides is 1. The fourth-order valence-electron chi connectivity index (χ4n) is 5.59. The van der Waals surface area contributed by atoms with E-state index in [0.29, 0.717) is 56.8 Å². The number of nitrogens with zero attached hydrogens (tertiary/aromatic N) is 4. The molecular formula is C35H28F2N6O7S. The van der Waals surface area contributed by atoms with Crippen molar-refractivity contribution in [3.05, 3.63) is 121 Å². The topological polar surface area (TPSA) is 175 Å². The van der Waals surface area contributed by atoms with Gasteiger partial charge in [-0.1, -0.05) is 18.2 Å². The van der Waals surface area contributed by atoms with Crippen LogP contribution in [0.3, 0.4) is 0 Å². The summed E-state index contributed by atoms with van der Waals surface area (Å²) in [5.41, 5.74) is 0.780. The lowest BCUT2D eigenvalue weighted by Gasteiger charge is -2.19. The molecule has 13 nitrogen and oxygen atoms in total. The molecule has 6 aromatic rings.